The number of rotatable bonds is 8. The van der Waals surface area contributed by atoms with Crippen LogP contribution in [0.2, 0.25) is 0 Å². The number of methoxy groups -OCH3 is 1. The Morgan fingerprint density at radius 3 is 2.59 bits per heavy atom. The minimum absolute atomic E-state index is 0.0179. The van der Waals surface area contributed by atoms with Gasteiger partial charge in [0.1, 0.15) is 30.0 Å². The zero-order chi connectivity index (χ0) is 32.6. The van der Waals surface area contributed by atoms with Crippen molar-refractivity contribution in [2.24, 2.45) is 17.8 Å². The number of hydrogen-bond donors (Lipinski definition) is 3. The summed E-state index contributed by atoms with van der Waals surface area (Å²) in [6.07, 6.45) is 3.34. The van der Waals surface area contributed by atoms with Gasteiger partial charge in [0.15, 0.2) is 11.5 Å². The van der Waals surface area contributed by atoms with Gasteiger partial charge in [-0.05, 0) is 66.2 Å². The highest BCUT2D eigenvalue weighted by Gasteiger charge is 2.79. The summed E-state index contributed by atoms with van der Waals surface area (Å²) in [6.45, 7) is 10.2. The van der Waals surface area contributed by atoms with Gasteiger partial charge in [0.05, 0.1) is 25.6 Å². The predicted octanol–water partition coefficient (Wildman–Crippen LogP) is 4.54. The molecule has 7 rings (SSSR count). The van der Waals surface area contributed by atoms with Crippen LogP contribution in [0.3, 0.4) is 0 Å². The fraction of sp³-hybridized carbons (Fsp3) is 0.486. The number of aliphatic hydroxyl groups is 2. The molecule has 3 N–H and O–H groups in total. The first-order valence-corrected chi connectivity index (χ1v) is 15.9. The molecule has 244 valence electrons. The van der Waals surface area contributed by atoms with Crippen molar-refractivity contribution in [3.8, 4) is 11.5 Å². The first-order valence-electron chi connectivity index (χ1n) is 15.9. The van der Waals surface area contributed by atoms with Crippen molar-refractivity contribution in [3.63, 3.8) is 0 Å². The minimum atomic E-state index is -1.61. The number of phenolic OH excluding ortho intramolecular Hbond substituents is 1. The molecule has 1 unspecified atom stereocenters. The van der Waals surface area contributed by atoms with Crippen LogP contribution in [0.1, 0.15) is 44.7 Å². The van der Waals surface area contributed by atoms with Crippen molar-refractivity contribution < 1.29 is 43.8 Å². The van der Waals surface area contributed by atoms with E-state index in [4.69, 9.17) is 23.7 Å². The van der Waals surface area contributed by atoms with Crippen LogP contribution in [0.5, 0.6) is 11.5 Å². The molecule has 3 bridgehead atoms. The summed E-state index contributed by atoms with van der Waals surface area (Å²) in [5, 5.41) is 33.9. The number of phenols is 1. The van der Waals surface area contributed by atoms with Gasteiger partial charge in [0, 0.05) is 18.3 Å². The quantitative estimate of drug-likeness (QED) is 0.285. The van der Waals surface area contributed by atoms with Crippen molar-refractivity contribution in [2.75, 3.05) is 13.7 Å². The third kappa shape index (κ3) is 4.51. The van der Waals surface area contributed by atoms with Crippen LogP contribution in [-0.2, 0) is 36.6 Å². The molecule has 9 nitrogen and oxygen atoms in total. The fourth-order valence-corrected chi connectivity index (χ4v) is 8.88. The van der Waals surface area contributed by atoms with E-state index >= 15 is 0 Å². The fourth-order valence-electron chi connectivity index (χ4n) is 8.88. The Bertz CT molecular complexity index is 1630. The number of fused-ring (bicyclic) bond motifs is 2. The maximum atomic E-state index is 13.0. The molecule has 46 heavy (non-hydrogen) atoms. The molecule has 2 aliphatic heterocycles. The average Bonchev–Trinajstić information content (AvgIpc) is 3.32. The smallest absolute Gasteiger partial charge is 0.310 e. The lowest BCUT2D eigenvalue weighted by Gasteiger charge is -2.59. The Labute approximate surface area is 269 Å². The molecule has 5 aliphatic rings. The summed E-state index contributed by atoms with van der Waals surface area (Å²) in [5.74, 6) is -2.76. The summed E-state index contributed by atoms with van der Waals surface area (Å²) in [6, 6.07) is 14.6. The van der Waals surface area contributed by atoms with Crippen LogP contribution in [0.15, 0.2) is 84.0 Å². The van der Waals surface area contributed by atoms with E-state index in [0.29, 0.717) is 29.6 Å². The highest BCUT2D eigenvalue weighted by Crippen LogP contribution is 2.68. The molecule has 2 heterocycles. The van der Waals surface area contributed by atoms with Gasteiger partial charge in [-0.3, -0.25) is 4.79 Å². The molecule has 0 spiro atoms. The Balaban J connectivity index is 1.26. The van der Waals surface area contributed by atoms with Gasteiger partial charge in [-0.25, -0.2) is 0 Å². The number of carbonyl (C=O) groups is 1. The molecule has 3 aliphatic carbocycles. The van der Waals surface area contributed by atoms with Crippen LogP contribution in [-0.4, -0.2) is 70.0 Å². The van der Waals surface area contributed by atoms with Crippen LogP contribution in [0, 0.1) is 17.8 Å². The van der Waals surface area contributed by atoms with Gasteiger partial charge in [0.2, 0.25) is 0 Å². The lowest BCUT2D eigenvalue weighted by atomic mass is 9.54. The van der Waals surface area contributed by atoms with E-state index in [-0.39, 0.29) is 36.9 Å². The van der Waals surface area contributed by atoms with E-state index in [1.165, 1.54) is 13.2 Å². The number of esters is 1. The van der Waals surface area contributed by atoms with E-state index in [1.807, 2.05) is 56.3 Å². The summed E-state index contributed by atoms with van der Waals surface area (Å²) in [7, 11) is 1.44. The van der Waals surface area contributed by atoms with Gasteiger partial charge >= 0.3 is 5.97 Å². The van der Waals surface area contributed by atoms with Crippen LogP contribution < -0.4 is 4.74 Å². The first-order chi connectivity index (χ1) is 21.9. The summed E-state index contributed by atoms with van der Waals surface area (Å²) >= 11 is 0. The second-order valence-corrected chi connectivity index (χ2v) is 13.9. The van der Waals surface area contributed by atoms with Crippen molar-refractivity contribution >= 4 is 5.97 Å². The van der Waals surface area contributed by atoms with Crippen molar-refractivity contribution in [3.05, 3.63) is 95.1 Å². The number of ether oxygens (including phenoxy) is 5. The maximum absolute atomic E-state index is 13.0. The van der Waals surface area contributed by atoms with E-state index < -0.39 is 52.8 Å². The Morgan fingerprint density at radius 1 is 1.11 bits per heavy atom. The molecule has 0 aromatic heterocycles. The maximum Gasteiger partial charge on any atom is 0.310 e. The molecule has 9 heteroatoms. The van der Waals surface area contributed by atoms with Crippen LogP contribution in [0.4, 0.5) is 0 Å². The second-order valence-electron chi connectivity index (χ2n) is 13.9. The number of hydrogen-bond acceptors (Lipinski definition) is 9. The van der Waals surface area contributed by atoms with E-state index in [2.05, 4.69) is 13.5 Å². The normalized spacial score (nSPS) is 38.7. The van der Waals surface area contributed by atoms with Crippen LogP contribution in [0.25, 0.3) is 0 Å². The third-order valence-electron chi connectivity index (χ3n) is 10.9. The summed E-state index contributed by atoms with van der Waals surface area (Å²) < 4.78 is 31.9. The second kappa shape index (κ2) is 10.8. The number of aromatic hydroxyl groups is 1. The van der Waals surface area contributed by atoms with Crippen LogP contribution >= 0.6 is 0 Å². The molecule has 9 atom stereocenters. The highest BCUT2D eigenvalue weighted by atomic mass is 16.9. The topological polar surface area (TPSA) is 124 Å². The van der Waals surface area contributed by atoms with Crippen molar-refractivity contribution in [2.45, 2.75) is 81.4 Å². The zero-order valence-corrected chi connectivity index (χ0v) is 26.7. The highest BCUT2D eigenvalue weighted by molar-refractivity contribution is 5.73. The minimum Gasteiger partial charge on any atom is -0.504 e. The standard InChI is InChI=1S/C37H42O9/c1-21(2)35-17-23(4)37-27(33(35)44-36(45-35,46-37)19-24-9-7-6-8-10-24)14-26(18-34(41)30(37)13-22(3)32(34)40)20-43-31(39)16-25-11-12-28(38)29(15-25)42-5/h6-15,23,27,30,32-33,38,40-41H,1,16-20H2,2-5H3/t23-,27+,30-,32+,33+,34-,35-,36?,37-/m1/s1. The first kappa shape index (κ1) is 31.1. The molecule has 0 amide bonds. The van der Waals surface area contributed by atoms with Gasteiger partial charge < -0.3 is 39.0 Å². The lowest BCUT2D eigenvalue weighted by molar-refractivity contribution is -0.423. The van der Waals surface area contributed by atoms with Crippen molar-refractivity contribution in [1.82, 2.24) is 0 Å². The third-order valence-corrected chi connectivity index (χ3v) is 10.9. The Morgan fingerprint density at radius 2 is 1.87 bits per heavy atom. The van der Waals surface area contributed by atoms with E-state index in [1.54, 1.807) is 12.1 Å². The number of aliphatic hydroxyl groups excluding tert-OH is 1. The largest absolute Gasteiger partial charge is 0.504 e. The molecule has 0 radical (unpaired) electrons. The molecule has 3 fully saturated rings. The molecule has 1 saturated carbocycles. The molecule has 2 saturated heterocycles. The lowest BCUT2D eigenvalue weighted by Crippen LogP contribution is -2.70. The SMILES string of the molecule is C=C(C)[C@]12C[C@@H](C)[C@@]34OC(Cc5ccccc5)(O[C@H]1[C@@H]3C=C(COC(=O)Cc1ccc(O)c(OC)c1)C[C@@]1(O)[C@H]4C=C(C)[C@@H]1O)O2. The van der Waals surface area contributed by atoms with Gasteiger partial charge in [-0.15, -0.1) is 0 Å². The van der Waals surface area contributed by atoms with E-state index in [9.17, 15) is 20.1 Å². The number of benzene rings is 2. The molecule has 2 aromatic rings. The summed E-state index contributed by atoms with van der Waals surface area (Å²) in [5.41, 5.74) is 0.341. The molecular weight excluding hydrogens is 588 g/mol. The number of carbonyl (C=O) groups excluding carboxylic acids is 1. The Hall–Kier alpha value is -3.47. The Kier molecular flexibility index (Phi) is 7.30. The zero-order valence-electron chi connectivity index (χ0n) is 26.7. The molecular formula is C37H42O9. The van der Waals surface area contributed by atoms with Crippen molar-refractivity contribution in [1.29, 1.82) is 0 Å². The monoisotopic (exact) mass is 630 g/mol. The van der Waals surface area contributed by atoms with E-state index in [0.717, 1.165) is 11.1 Å². The molecule has 2 aromatic carbocycles. The van der Waals surface area contributed by atoms with Gasteiger partial charge in [-0.2, -0.15) is 0 Å². The van der Waals surface area contributed by atoms with Gasteiger partial charge in [-0.1, -0.05) is 62.1 Å². The predicted molar refractivity (Wildman–Crippen MR) is 168 cm³/mol. The summed E-state index contributed by atoms with van der Waals surface area (Å²) in [4.78, 5) is 13.0. The average molecular weight is 631 g/mol. The van der Waals surface area contributed by atoms with Gasteiger partial charge in [0.25, 0.3) is 5.97 Å².